The van der Waals surface area contributed by atoms with Crippen LogP contribution < -0.4 is 0 Å². The zero-order valence-electron chi connectivity index (χ0n) is 4.96. The lowest BCUT2D eigenvalue weighted by Crippen LogP contribution is -2.01. The summed E-state index contributed by atoms with van der Waals surface area (Å²) in [4.78, 5) is 10.5. The second kappa shape index (κ2) is 3.17. The van der Waals surface area contributed by atoms with Crippen LogP contribution in [0.25, 0.3) is 0 Å². The summed E-state index contributed by atoms with van der Waals surface area (Å²) in [7, 11) is 0. The molecule has 1 heterocycles. The van der Waals surface area contributed by atoms with Crippen molar-refractivity contribution in [3.8, 4) is 0 Å². The molecule has 1 aliphatic rings. The Balaban J connectivity index is 2.39. The van der Waals surface area contributed by atoms with E-state index < -0.39 is 0 Å². The highest BCUT2D eigenvalue weighted by atomic mass is 35.5. The Bertz CT molecular complexity index is 128. The molecule has 0 aromatic rings. The average Bonchev–Trinajstić information content (AvgIpc) is 2.14. The number of hydrogen-bond acceptors (Lipinski definition) is 3. The van der Waals surface area contributed by atoms with Gasteiger partial charge in [-0.25, -0.2) is 0 Å². The molecule has 0 bridgehead atoms. The van der Waals surface area contributed by atoms with E-state index in [4.69, 9.17) is 11.6 Å². The van der Waals surface area contributed by atoms with E-state index in [1.165, 1.54) is 0 Å². The van der Waals surface area contributed by atoms with Crippen LogP contribution in [0.5, 0.6) is 0 Å². The molecule has 4 heteroatoms. The lowest BCUT2D eigenvalue weighted by atomic mass is 10.6. The molecule has 9 heavy (non-hydrogen) atoms. The molecule has 1 rings (SSSR count). The summed E-state index contributed by atoms with van der Waals surface area (Å²) in [6.45, 7) is 2.11. The van der Waals surface area contributed by atoms with Gasteiger partial charge in [0, 0.05) is 11.0 Å². The van der Waals surface area contributed by atoms with Gasteiger partial charge in [0.05, 0.1) is 0 Å². The van der Waals surface area contributed by atoms with Gasteiger partial charge in [0.2, 0.25) is 5.24 Å². The van der Waals surface area contributed by atoms with Crippen LogP contribution in [-0.2, 0) is 4.79 Å². The molecule has 0 saturated carbocycles. The van der Waals surface area contributed by atoms with Crippen LogP contribution in [0, 0.1) is 0 Å². The van der Waals surface area contributed by atoms with Crippen molar-refractivity contribution in [3.05, 3.63) is 0 Å². The minimum atomic E-state index is -0.214. The van der Waals surface area contributed by atoms with Gasteiger partial charge >= 0.3 is 0 Å². The van der Waals surface area contributed by atoms with Gasteiger partial charge in [0.25, 0.3) is 0 Å². The summed E-state index contributed by atoms with van der Waals surface area (Å²) >= 11 is 8.56. The third-order valence-electron chi connectivity index (χ3n) is 1.02. The van der Waals surface area contributed by atoms with Gasteiger partial charge < -0.3 is 0 Å². The van der Waals surface area contributed by atoms with Gasteiger partial charge in [0.15, 0.2) is 0 Å². The molecule has 1 nitrogen and oxygen atoms in total. The van der Waals surface area contributed by atoms with Crippen LogP contribution in [0.15, 0.2) is 0 Å². The Kier molecular flexibility index (Phi) is 2.73. The summed E-state index contributed by atoms with van der Waals surface area (Å²) in [5.74, 6) is 1.05. The molecule has 0 radical (unpaired) electrons. The van der Waals surface area contributed by atoms with E-state index >= 15 is 0 Å². The second-order valence-electron chi connectivity index (χ2n) is 1.92. The van der Waals surface area contributed by atoms with Crippen LogP contribution in [0.4, 0.5) is 0 Å². The monoisotopic (exact) mass is 182 g/mol. The normalized spacial score (nSPS) is 34.9. The molecule has 0 aliphatic carbocycles. The molecule has 1 saturated heterocycles. The fraction of sp³-hybridized carbons (Fsp3) is 0.800. The third-order valence-corrected chi connectivity index (χ3v) is 4.75. The molecule has 0 spiro atoms. The van der Waals surface area contributed by atoms with Gasteiger partial charge in [-0.2, -0.15) is 0 Å². The van der Waals surface area contributed by atoms with Gasteiger partial charge in [0.1, 0.15) is 4.58 Å². The Labute approximate surface area is 67.9 Å². The number of hydrogen-bond donors (Lipinski definition) is 0. The standard InChI is InChI=1S/C5H7ClOS2/c1-3-2-8-5(9-3)4(6)7/h3,5H,2H2,1H3. The molecular weight excluding hydrogens is 176 g/mol. The number of carbonyl (C=O) groups excluding carboxylic acids is 1. The summed E-state index contributed by atoms with van der Waals surface area (Å²) in [5, 5.41) is 0.372. The van der Waals surface area contributed by atoms with E-state index in [9.17, 15) is 4.79 Å². The fourth-order valence-electron chi connectivity index (χ4n) is 0.631. The summed E-state index contributed by atoms with van der Waals surface area (Å²) in [6.07, 6.45) is 0. The minimum absolute atomic E-state index is 0.00154. The first-order valence-corrected chi connectivity index (χ1v) is 5.03. The Morgan fingerprint density at radius 1 is 1.78 bits per heavy atom. The van der Waals surface area contributed by atoms with E-state index in [2.05, 4.69) is 6.92 Å². The van der Waals surface area contributed by atoms with Gasteiger partial charge in [-0.3, -0.25) is 4.79 Å². The lowest BCUT2D eigenvalue weighted by Gasteiger charge is -1.98. The second-order valence-corrected chi connectivity index (χ2v) is 5.27. The Morgan fingerprint density at radius 3 is 2.67 bits per heavy atom. The van der Waals surface area contributed by atoms with Crippen molar-refractivity contribution in [2.24, 2.45) is 0 Å². The lowest BCUT2D eigenvalue weighted by molar-refractivity contribution is -0.109. The fourth-order valence-corrected chi connectivity index (χ4v) is 3.75. The highest BCUT2D eigenvalue weighted by Gasteiger charge is 2.27. The Hall–Kier alpha value is 0.660. The molecule has 52 valence electrons. The molecule has 1 aliphatic heterocycles. The van der Waals surface area contributed by atoms with Crippen molar-refractivity contribution in [1.82, 2.24) is 0 Å². The quantitative estimate of drug-likeness (QED) is 0.577. The van der Waals surface area contributed by atoms with Crippen molar-refractivity contribution >= 4 is 40.4 Å². The first-order chi connectivity index (χ1) is 4.20. The maximum atomic E-state index is 10.5. The van der Waals surface area contributed by atoms with Crippen molar-refractivity contribution in [2.45, 2.75) is 16.8 Å². The van der Waals surface area contributed by atoms with Crippen molar-refractivity contribution < 1.29 is 4.79 Å². The summed E-state index contributed by atoms with van der Waals surface area (Å²) in [5.41, 5.74) is 0. The van der Waals surface area contributed by atoms with E-state index in [0.717, 1.165) is 5.75 Å². The summed E-state index contributed by atoms with van der Waals surface area (Å²) in [6, 6.07) is 0. The SMILES string of the molecule is CC1CSC(C(=O)Cl)S1. The van der Waals surface area contributed by atoms with Gasteiger partial charge in [-0.05, 0) is 11.6 Å². The van der Waals surface area contributed by atoms with Crippen LogP contribution in [0.2, 0.25) is 0 Å². The highest BCUT2D eigenvalue weighted by molar-refractivity contribution is 8.21. The molecule has 0 N–H and O–H groups in total. The van der Waals surface area contributed by atoms with Crippen LogP contribution in [0.1, 0.15) is 6.92 Å². The van der Waals surface area contributed by atoms with Crippen LogP contribution in [0.3, 0.4) is 0 Å². The maximum Gasteiger partial charge on any atom is 0.244 e. The molecule has 0 aromatic heterocycles. The first kappa shape index (κ1) is 7.76. The van der Waals surface area contributed by atoms with Gasteiger partial charge in [-0.1, -0.05) is 6.92 Å². The summed E-state index contributed by atoms with van der Waals surface area (Å²) < 4.78 is 0.00154. The van der Waals surface area contributed by atoms with Crippen LogP contribution in [-0.4, -0.2) is 20.8 Å². The van der Waals surface area contributed by atoms with E-state index in [1.807, 2.05) is 0 Å². The number of rotatable bonds is 1. The molecule has 0 aromatic carbocycles. The maximum absolute atomic E-state index is 10.5. The van der Waals surface area contributed by atoms with E-state index in [0.29, 0.717) is 5.25 Å². The third kappa shape index (κ3) is 2.06. The smallest absolute Gasteiger partial charge is 0.244 e. The average molecular weight is 183 g/mol. The molecular formula is C5H7ClOS2. The first-order valence-electron chi connectivity index (χ1n) is 2.66. The zero-order chi connectivity index (χ0) is 6.85. The van der Waals surface area contributed by atoms with Crippen molar-refractivity contribution in [2.75, 3.05) is 5.75 Å². The predicted octanol–water partition coefficient (Wildman–Crippen LogP) is 1.95. The van der Waals surface area contributed by atoms with Crippen LogP contribution >= 0.6 is 35.1 Å². The highest BCUT2D eigenvalue weighted by Crippen LogP contribution is 2.38. The van der Waals surface area contributed by atoms with Crippen molar-refractivity contribution in [1.29, 1.82) is 0 Å². The zero-order valence-corrected chi connectivity index (χ0v) is 7.35. The largest absolute Gasteiger partial charge is 0.279 e. The van der Waals surface area contributed by atoms with E-state index in [1.54, 1.807) is 23.5 Å². The molecule has 0 amide bonds. The van der Waals surface area contributed by atoms with Crippen molar-refractivity contribution in [3.63, 3.8) is 0 Å². The topological polar surface area (TPSA) is 17.1 Å². The molecule has 1 fully saturated rings. The van der Waals surface area contributed by atoms with E-state index in [-0.39, 0.29) is 9.82 Å². The predicted molar refractivity (Wildman–Crippen MR) is 44.2 cm³/mol. The van der Waals surface area contributed by atoms with Gasteiger partial charge in [-0.15, -0.1) is 23.5 Å². The molecule has 2 unspecified atom stereocenters. The number of thioether (sulfide) groups is 2. The minimum Gasteiger partial charge on any atom is -0.279 e. The number of halogens is 1. The number of carbonyl (C=O) groups is 1. The molecule has 2 atom stereocenters. The Morgan fingerprint density at radius 2 is 2.44 bits per heavy atom.